The molecular weight excluding hydrogens is 491 g/mol. The van der Waals surface area contributed by atoms with Gasteiger partial charge in [0.15, 0.2) is 22.6 Å². The molecule has 0 radical (unpaired) electrons. The van der Waals surface area contributed by atoms with Crippen molar-refractivity contribution in [2.24, 2.45) is 17.0 Å². The van der Waals surface area contributed by atoms with Crippen molar-refractivity contribution in [2.75, 3.05) is 11.1 Å². The topological polar surface area (TPSA) is 114 Å². The van der Waals surface area contributed by atoms with Gasteiger partial charge < -0.3 is 15.5 Å². The van der Waals surface area contributed by atoms with Crippen molar-refractivity contribution in [3.8, 4) is 0 Å². The van der Waals surface area contributed by atoms with Gasteiger partial charge in [0, 0.05) is 29.5 Å². The van der Waals surface area contributed by atoms with Crippen LogP contribution in [-0.2, 0) is 6.42 Å². The van der Waals surface area contributed by atoms with Crippen LogP contribution in [0.1, 0.15) is 56.7 Å². The highest BCUT2D eigenvalue weighted by molar-refractivity contribution is 7.99. The number of thioether (sulfide) groups is 1. The van der Waals surface area contributed by atoms with Gasteiger partial charge in [-0.2, -0.15) is 5.11 Å². The lowest BCUT2D eigenvalue weighted by molar-refractivity contribution is 0.0541. The van der Waals surface area contributed by atoms with E-state index in [1.54, 1.807) is 13.0 Å². The number of nitrogens with one attached hydrogen (secondary N) is 2. The minimum Gasteiger partial charge on any atom is -0.392 e. The summed E-state index contributed by atoms with van der Waals surface area (Å²) >= 11 is 1.49. The van der Waals surface area contributed by atoms with Crippen LogP contribution in [0.3, 0.4) is 0 Å². The Labute approximate surface area is 212 Å². The van der Waals surface area contributed by atoms with Crippen molar-refractivity contribution in [3.05, 3.63) is 41.1 Å². The summed E-state index contributed by atoms with van der Waals surface area (Å²) in [6.45, 7) is 3.69. The third-order valence-corrected chi connectivity index (χ3v) is 8.22. The van der Waals surface area contributed by atoms with Gasteiger partial charge in [-0.1, -0.05) is 31.7 Å². The van der Waals surface area contributed by atoms with Crippen LogP contribution in [0.4, 0.5) is 24.7 Å². The van der Waals surface area contributed by atoms with E-state index in [-0.39, 0.29) is 12.0 Å². The molecule has 4 rings (SSSR count). The normalized spacial score (nSPS) is 29.4. The molecule has 2 aliphatic carbocycles. The molecule has 2 saturated carbocycles. The number of aliphatic hydroxyl groups excluding tert-OH is 2. The standard InChI is InChI=1S/C25H32F3N5O2S/c1-3-9-36-25-31-18(6-4-5-14-20(28)23(35)12(2)22(14)34)21(33-29)24(32-25)30-19-11-15(19)13-7-8-16(26)17(27)10-13/h7-8,10,12,14-15,19-20,22-23,29,34-35H,3-6,9,11H2,1-2H3,(H,30,31,32). The molecule has 1 aromatic heterocycles. The maximum atomic E-state index is 14.5. The first kappa shape index (κ1) is 26.8. The Bertz CT molecular complexity index is 1080. The van der Waals surface area contributed by atoms with Crippen molar-refractivity contribution >= 4 is 23.3 Å². The van der Waals surface area contributed by atoms with Crippen LogP contribution in [0.15, 0.2) is 28.5 Å². The molecule has 1 aromatic carbocycles. The zero-order chi connectivity index (χ0) is 26.0. The lowest BCUT2D eigenvalue weighted by atomic mass is 9.95. The van der Waals surface area contributed by atoms with Crippen molar-refractivity contribution in [1.29, 1.82) is 5.53 Å². The van der Waals surface area contributed by atoms with Gasteiger partial charge in [0.25, 0.3) is 0 Å². The summed E-state index contributed by atoms with van der Waals surface area (Å²) in [4.78, 5) is 9.17. The first-order valence-corrected chi connectivity index (χ1v) is 13.4. The number of rotatable bonds is 11. The molecule has 4 N–H and O–H groups in total. The zero-order valence-electron chi connectivity index (χ0n) is 20.3. The predicted molar refractivity (Wildman–Crippen MR) is 131 cm³/mol. The van der Waals surface area contributed by atoms with Crippen molar-refractivity contribution in [1.82, 2.24) is 9.97 Å². The molecule has 1 heterocycles. The summed E-state index contributed by atoms with van der Waals surface area (Å²) in [6, 6.07) is 3.84. The molecule has 2 aliphatic rings. The van der Waals surface area contributed by atoms with Crippen LogP contribution >= 0.6 is 11.8 Å². The second-order valence-electron chi connectivity index (χ2n) is 9.72. The highest BCUT2D eigenvalue weighted by Crippen LogP contribution is 2.45. The molecule has 196 valence electrons. The first-order valence-electron chi connectivity index (χ1n) is 12.4. The summed E-state index contributed by atoms with van der Waals surface area (Å²) in [5.41, 5.74) is 9.30. The number of aromatic nitrogens is 2. The quantitative estimate of drug-likeness (QED) is 0.175. The van der Waals surface area contributed by atoms with Crippen LogP contribution in [0, 0.1) is 29.0 Å². The monoisotopic (exact) mass is 523 g/mol. The molecule has 11 heteroatoms. The minimum atomic E-state index is -1.48. The molecule has 0 aliphatic heterocycles. The third kappa shape index (κ3) is 5.68. The van der Waals surface area contributed by atoms with Crippen LogP contribution in [0.5, 0.6) is 0 Å². The number of halogens is 3. The van der Waals surface area contributed by atoms with E-state index in [0.717, 1.165) is 18.2 Å². The molecule has 36 heavy (non-hydrogen) atoms. The first-order chi connectivity index (χ1) is 17.2. The average Bonchev–Trinajstić information content (AvgIpc) is 3.60. The molecular formula is C25H32F3N5O2S. The Kier molecular flexibility index (Phi) is 8.52. The van der Waals surface area contributed by atoms with Gasteiger partial charge >= 0.3 is 0 Å². The van der Waals surface area contributed by atoms with Crippen LogP contribution < -0.4 is 5.32 Å². The van der Waals surface area contributed by atoms with E-state index in [0.29, 0.717) is 53.6 Å². The summed E-state index contributed by atoms with van der Waals surface area (Å²) in [5, 5.41) is 27.8. The Morgan fingerprint density at radius 1 is 1.19 bits per heavy atom. The number of hydrogen-bond acceptors (Lipinski definition) is 8. The van der Waals surface area contributed by atoms with Gasteiger partial charge in [0.05, 0.1) is 17.9 Å². The van der Waals surface area contributed by atoms with Gasteiger partial charge in [0.1, 0.15) is 11.9 Å². The maximum absolute atomic E-state index is 14.5. The summed E-state index contributed by atoms with van der Waals surface area (Å²) in [5.74, 6) is -1.72. The molecule has 0 saturated heterocycles. The van der Waals surface area contributed by atoms with Gasteiger partial charge in [-0.15, -0.1) is 0 Å². The Balaban J connectivity index is 1.49. The van der Waals surface area contributed by atoms with Crippen LogP contribution in [0.25, 0.3) is 0 Å². The van der Waals surface area contributed by atoms with Crippen molar-refractivity contribution in [3.63, 3.8) is 0 Å². The number of benzene rings is 1. The second-order valence-corrected chi connectivity index (χ2v) is 10.8. The number of anilines is 1. The number of nitrogens with zero attached hydrogens (tertiary/aromatic N) is 3. The molecule has 0 bridgehead atoms. The SMILES string of the molecule is CCCSc1nc(CCCC2C(O)C(C)C(O)C2F)c(N=N)c(NC2CC2c2ccc(F)c(F)c2)n1. The van der Waals surface area contributed by atoms with E-state index in [9.17, 15) is 23.4 Å². The maximum Gasteiger partial charge on any atom is 0.189 e. The number of aryl methyl sites for hydroxylation is 1. The zero-order valence-corrected chi connectivity index (χ0v) is 21.1. The molecule has 2 aromatic rings. The molecule has 0 amide bonds. The second kappa shape index (κ2) is 11.4. The van der Waals surface area contributed by atoms with E-state index in [1.165, 1.54) is 17.8 Å². The number of alkyl halides is 1. The smallest absolute Gasteiger partial charge is 0.189 e. The largest absolute Gasteiger partial charge is 0.392 e. The molecule has 7 atom stereocenters. The highest BCUT2D eigenvalue weighted by Gasteiger charge is 2.47. The van der Waals surface area contributed by atoms with Gasteiger partial charge in [-0.05, 0) is 49.8 Å². The molecule has 7 unspecified atom stereocenters. The third-order valence-electron chi connectivity index (χ3n) is 7.17. The van der Waals surface area contributed by atoms with Crippen molar-refractivity contribution in [2.45, 2.75) is 81.4 Å². The van der Waals surface area contributed by atoms with E-state index >= 15 is 0 Å². The lowest BCUT2D eigenvalue weighted by Crippen LogP contribution is -2.23. The molecule has 7 nitrogen and oxygen atoms in total. The predicted octanol–water partition coefficient (Wildman–Crippen LogP) is 5.54. The fourth-order valence-electron chi connectivity index (χ4n) is 4.93. The summed E-state index contributed by atoms with van der Waals surface area (Å²) in [6.07, 6.45) is -0.643. The minimum absolute atomic E-state index is 0.0115. The van der Waals surface area contributed by atoms with E-state index in [1.807, 2.05) is 6.92 Å². The fourth-order valence-corrected chi connectivity index (χ4v) is 5.65. The van der Waals surface area contributed by atoms with Gasteiger partial charge in [0.2, 0.25) is 0 Å². The van der Waals surface area contributed by atoms with Crippen LogP contribution in [0.2, 0.25) is 0 Å². The van der Waals surface area contributed by atoms with Crippen LogP contribution in [-0.4, -0.2) is 50.4 Å². The molecule has 2 fully saturated rings. The number of hydrogen-bond donors (Lipinski definition) is 4. The lowest BCUT2D eigenvalue weighted by Gasteiger charge is -2.18. The van der Waals surface area contributed by atoms with Gasteiger partial charge in [-0.3, -0.25) is 0 Å². The van der Waals surface area contributed by atoms with E-state index in [2.05, 4.69) is 20.4 Å². The van der Waals surface area contributed by atoms with E-state index in [4.69, 9.17) is 5.53 Å². The molecule has 0 spiro atoms. The number of aliphatic hydroxyl groups is 2. The Hall–Kier alpha value is -2.24. The fraction of sp³-hybridized carbons (Fsp3) is 0.600. The van der Waals surface area contributed by atoms with E-state index < -0.39 is 41.8 Å². The Morgan fingerprint density at radius 3 is 2.61 bits per heavy atom. The van der Waals surface area contributed by atoms with Crippen molar-refractivity contribution < 1.29 is 23.4 Å². The van der Waals surface area contributed by atoms with Gasteiger partial charge in [-0.25, -0.2) is 28.7 Å². The Morgan fingerprint density at radius 2 is 1.97 bits per heavy atom. The summed E-state index contributed by atoms with van der Waals surface area (Å²) in [7, 11) is 0. The summed E-state index contributed by atoms with van der Waals surface area (Å²) < 4.78 is 41.4. The highest BCUT2D eigenvalue weighted by atomic mass is 32.2. The average molecular weight is 524 g/mol.